The molecule has 0 spiro atoms. The third kappa shape index (κ3) is 4.75. The van der Waals surface area contributed by atoms with Crippen LogP contribution < -0.4 is 15.4 Å². The van der Waals surface area contributed by atoms with Gasteiger partial charge in [0.15, 0.2) is 5.82 Å². The number of nitrogens with two attached hydrogens (primary N) is 1. The lowest BCUT2D eigenvalue weighted by Crippen LogP contribution is -2.43. The second-order valence-corrected chi connectivity index (χ2v) is 12.8. The lowest BCUT2D eigenvalue weighted by molar-refractivity contribution is 0.107. The minimum Gasteiger partial charge on any atom is -0.508 e. The molecule has 0 unspecified atom stereocenters. The van der Waals surface area contributed by atoms with Crippen molar-refractivity contribution in [3.63, 3.8) is 0 Å². The fourth-order valence-corrected chi connectivity index (χ4v) is 7.67. The molecule has 3 N–H and O–H groups in total. The number of hydrogen-bond donors (Lipinski definition) is 2. The number of benzene rings is 2. The molecule has 0 amide bonds. The molecule has 0 radical (unpaired) electrons. The number of alkyl halides is 1. The van der Waals surface area contributed by atoms with E-state index in [1.54, 1.807) is 6.07 Å². The minimum atomic E-state index is -0.939. The van der Waals surface area contributed by atoms with E-state index in [0.717, 1.165) is 31.5 Å². The van der Waals surface area contributed by atoms with Gasteiger partial charge in [-0.25, -0.2) is 13.2 Å². The highest BCUT2D eigenvalue weighted by molar-refractivity contribution is 6.37. The number of phenolic OH excluding ortho intramolecular Hbond substituents is 1. The molecular formula is C32H30ClF3N8O2. The zero-order valence-electron chi connectivity index (χ0n) is 24.7. The Morgan fingerprint density at radius 1 is 1.11 bits per heavy atom. The Labute approximate surface area is 266 Å². The fraction of sp³-hybridized carbons (Fsp3) is 0.375. The SMILES string of the molecule is Nc1cc2n(n1)CCCN(c1nc(OC[C@@]34CCCN3C[C@H](F)C4)nc3c(F)c(-c4cc(O)cc5ccc(F)c(Cl)c45)ncc13)C2. The second-order valence-electron chi connectivity index (χ2n) is 12.4. The molecule has 238 valence electrons. The number of hydrogen-bond acceptors (Lipinski definition) is 9. The van der Waals surface area contributed by atoms with Crippen molar-refractivity contribution in [1.29, 1.82) is 0 Å². The van der Waals surface area contributed by atoms with Gasteiger partial charge in [0.05, 0.1) is 28.2 Å². The van der Waals surface area contributed by atoms with Crippen LogP contribution in [0.2, 0.25) is 5.02 Å². The molecule has 5 aromatic rings. The summed E-state index contributed by atoms with van der Waals surface area (Å²) in [6, 6.07) is 7.10. The monoisotopic (exact) mass is 650 g/mol. The predicted molar refractivity (Wildman–Crippen MR) is 168 cm³/mol. The molecule has 0 saturated carbocycles. The number of aromatic hydroxyl groups is 1. The summed E-state index contributed by atoms with van der Waals surface area (Å²) in [7, 11) is 0. The Balaban J connectivity index is 1.28. The zero-order valence-corrected chi connectivity index (χ0v) is 25.4. The quantitative estimate of drug-likeness (QED) is 0.250. The van der Waals surface area contributed by atoms with Crippen LogP contribution in [-0.2, 0) is 13.1 Å². The maximum atomic E-state index is 16.8. The highest BCUT2D eigenvalue weighted by Gasteiger charge is 2.49. The average Bonchev–Trinajstić information content (AvgIpc) is 3.63. The molecule has 14 heteroatoms. The summed E-state index contributed by atoms with van der Waals surface area (Å²) in [5.74, 6) is -0.851. The third-order valence-electron chi connectivity index (χ3n) is 9.45. The molecular weight excluding hydrogens is 621 g/mol. The topological polar surface area (TPSA) is 118 Å². The molecule has 0 aliphatic carbocycles. The van der Waals surface area contributed by atoms with Crippen LogP contribution in [0.4, 0.5) is 24.8 Å². The van der Waals surface area contributed by atoms with Crippen molar-refractivity contribution in [2.75, 3.05) is 36.9 Å². The number of anilines is 2. The summed E-state index contributed by atoms with van der Waals surface area (Å²) >= 11 is 6.37. The van der Waals surface area contributed by atoms with E-state index < -0.39 is 23.3 Å². The van der Waals surface area contributed by atoms with Gasteiger partial charge in [-0.05, 0) is 49.4 Å². The van der Waals surface area contributed by atoms with E-state index >= 15 is 4.39 Å². The van der Waals surface area contributed by atoms with Gasteiger partial charge in [0.1, 0.15) is 47.2 Å². The van der Waals surface area contributed by atoms with Crippen LogP contribution in [0.1, 0.15) is 31.4 Å². The van der Waals surface area contributed by atoms with E-state index in [1.165, 1.54) is 30.5 Å². The number of nitrogens with zero attached hydrogens (tertiary/aromatic N) is 7. The predicted octanol–water partition coefficient (Wildman–Crippen LogP) is 5.63. The number of pyridine rings is 1. The Kier molecular flexibility index (Phi) is 6.87. The molecule has 6 heterocycles. The number of phenols is 1. The normalized spacial score (nSPS) is 21.6. The number of aryl methyl sites for hydroxylation is 1. The number of rotatable bonds is 5. The van der Waals surface area contributed by atoms with Gasteiger partial charge >= 0.3 is 6.01 Å². The highest BCUT2D eigenvalue weighted by Crippen LogP contribution is 2.42. The average molecular weight is 651 g/mol. The van der Waals surface area contributed by atoms with E-state index in [4.69, 9.17) is 27.1 Å². The van der Waals surface area contributed by atoms with Gasteiger partial charge < -0.3 is 20.5 Å². The van der Waals surface area contributed by atoms with Crippen LogP contribution in [0.25, 0.3) is 32.9 Å². The molecule has 46 heavy (non-hydrogen) atoms. The molecule has 10 nitrogen and oxygen atoms in total. The van der Waals surface area contributed by atoms with Crippen molar-refractivity contribution >= 4 is 44.9 Å². The molecule has 3 aliphatic heterocycles. The Bertz CT molecular complexity index is 2030. The Hall–Kier alpha value is -4.36. The number of halogens is 4. The van der Waals surface area contributed by atoms with Gasteiger partial charge in [0, 0.05) is 49.3 Å². The Morgan fingerprint density at radius 2 is 1.98 bits per heavy atom. The van der Waals surface area contributed by atoms with E-state index in [2.05, 4.69) is 20.0 Å². The van der Waals surface area contributed by atoms with Crippen LogP contribution in [0.5, 0.6) is 11.8 Å². The molecule has 3 aliphatic rings. The maximum Gasteiger partial charge on any atom is 0.319 e. The first-order valence-corrected chi connectivity index (χ1v) is 15.6. The first-order chi connectivity index (χ1) is 22.2. The summed E-state index contributed by atoms with van der Waals surface area (Å²) in [6.45, 7) is 2.94. The van der Waals surface area contributed by atoms with E-state index in [0.29, 0.717) is 55.0 Å². The van der Waals surface area contributed by atoms with Crippen LogP contribution in [-0.4, -0.2) is 72.7 Å². The van der Waals surface area contributed by atoms with Gasteiger partial charge in [-0.15, -0.1) is 0 Å². The number of aromatic nitrogens is 5. The summed E-state index contributed by atoms with van der Waals surface area (Å²) in [6.07, 6.45) is 3.33. The molecule has 2 fully saturated rings. The van der Waals surface area contributed by atoms with E-state index in [1.807, 2.05) is 9.58 Å². The van der Waals surface area contributed by atoms with Crippen molar-refractivity contribution in [3.8, 4) is 23.0 Å². The largest absolute Gasteiger partial charge is 0.508 e. The Morgan fingerprint density at radius 3 is 2.85 bits per heavy atom. The van der Waals surface area contributed by atoms with Gasteiger partial charge in [0.25, 0.3) is 0 Å². The fourth-order valence-electron chi connectivity index (χ4n) is 7.40. The van der Waals surface area contributed by atoms with Crippen LogP contribution in [0.15, 0.2) is 36.5 Å². The summed E-state index contributed by atoms with van der Waals surface area (Å²) in [5.41, 5.74) is 6.26. The van der Waals surface area contributed by atoms with E-state index in [-0.39, 0.29) is 45.5 Å². The van der Waals surface area contributed by atoms with Gasteiger partial charge in [-0.2, -0.15) is 15.1 Å². The van der Waals surface area contributed by atoms with Gasteiger partial charge in [0.2, 0.25) is 0 Å². The molecule has 2 saturated heterocycles. The number of nitrogen functional groups attached to an aromatic ring is 1. The van der Waals surface area contributed by atoms with Gasteiger partial charge in [-0.1, -0.05) is 17.7 Å². The smallest absolute Gasteiger partial charge is 0.319 e. The van der Waals surface area contributed by atoms with Crippen molar-refractivity contribution in [1.82, 2.24) is 29.6 Å². The van der Waals surface area contributed by atoms with Crippen molar-refractivity contribution < 1.29 is 23.0 Å². The number of ether oxygens (including phenoxy) is 1. The summed E-state index contributed by atoms with van der Waals surface area (Å²) < 4.78 is 53.9. The number of fused-ring (bicyclic) bond motifs is 4. The second kappa shape index (κ2) is 10.9. The minimum absolute atomic E-state index is 0.0517. The molecule has 2 aromatic carbocycles. The van der Waals surface area contributed by atoms with Crippen molar-refractivity contribution in [2.24, 2.45) is 0 Å². The molecule has 3 aromatic heterocycles. The summed E-state index contributed by atoms with van der Waals surface area (Å²) in [5, 5.41) is 15.6. The zero-order chi connectivity index (χ0) is 31.7. The van der Waals surface area contributed by atoms with Crippen LogP contribution >= 0.6 is 11.6 Å². The lowest BCUT2D eigenvalue weighted by Gasteiger charge is -2.31. The third-order valence-corrected chi connectivity index (χ3v) is 9.82. The first-order valence-electron chi connectivity index (χ1n) is 15.3. The molecule has 2 atom stereocenters. The van der Waals surface area contributed by atoms with Crippen molar-refractivity contribution in [3.05, 3.63) is 58.9 Å². The first kappa shape index (κ1) is 29.1. The summed E-state index contributed by atoms with van der Waals surface area (Å²) in [4.78, 5) is 17.9. The molecule has 8 rings (SSSR count). The standard InChI is InChI=1S/C32H30ClF3N8O2/c33-26-23(35)4-3-17-9-20(45)11-21(25(17)26)28-27(36)29-22(13-38-28)30(42-6-2-8-44-19(15-42)10-24(37)41-44)40-31(39-29)46-16-32-5-1-7-43(32)14-18(34)12-32/h3-4,9-11,13,18,45H,1-2,5-8,12,14-16H2,(H2,37,41)/t18-,32+/m1/s1. The van der Waals surface area contributed by atoms with E-state index in [9.17, 15) is 13.9 Å². The highest BCUT2D eigenvalue weighted by atomic mass is 35.5. The van der Waals surface area contributed by atoms with Gasteiger partial charge in [-0.3, -0.25) is 14.6 Å². The van der Waals surface area contributed by atoms with Crippen molar-refractivity contribution in [2.45, 2.75) is 50.5 Å². The lowest BCUT2D eigenvalue weighted by atomic mass is 9.95. The van der Waals surface area contributed by atoms with Crippen LogP contribution in [0.3, 0.4) is 0 Å². The molecule has 0 bridgehead atoms. The van der Waals surface area contributed by atoms with Crippen LogP contribution in [0, 0.1) is 11.6 Å². The maximum absolute atomic E-state index is 16.8.